The highest BCUT2D eigenvalue weighted by Gasteiger charge is 2.12. The van der Waals surface area contributed by atoms with Crippen LogP contribution in [0.25, 0.3) is 21.1 Å². The molecule has 0 saturated heterocycles. The highest BCUT2D eigenvalue weighted by atomic mass is 32.1. The molecule has 5 aromatic rings. The number of anilines is 1. The maximum absolute atomic E-state index is 13.4. The maximum Gasteiger partial charge on any atom is 0.184 e. The minimum atomic E-state index is -0.870. The van der Waals surface area contributed by atoms with Crippen molar-refractivity contribution in [3.63, 3.8) is 0 Å². The molecule has 0 atom stereocenters. The third-order valence-corrected chi connectivity index (χ3v) is 6.20. The van der Waals surface area contributed by atoms with Crippen molar-refractivity contribution in [2.24, 2.45) is 0 Å². The summed E-state index contributed by atoms with van der Waals surface area (Å²) in [6.07, 6.45) is 1.68. The molecular formula is C25H19F2N3O3S. The number of ether oxygens (including phenoxy) is 3. The molecule has 0 saturated carbocycles. The van der Waals surface area contributed by atoms with E-state index in [0.29, 0.717) is 40.2 Å². The zero-order valence-corrected chi connectivity index (χ0v) is 19.1. The number of pyridine rings is 1. The van der Waals surface area contributed by atoms with Gasteiger partial charge in [0.15, 0.2) is 28.3 Å². The van der Waals surface area contributed by atoms with E-state index in [4.69, 9.17) is 14.2 Å². The molecular weight excluding hydrogens is 460 g/mol. The van der Waals surface area contributed by atoms with Crippen LogP contribution in [0.1, 0.15) is 5.56 Å². The topological polar surface area (TPSA) is 65.5 Å². The van der Waals surface area contributed by atoms with Gasteiger partial charge in [-0.15, -0.1) is 0 Å². The number of methoxy groups -OCH3 is 2. The molecule has 0 spiro atoms. The second-order valence-corrected chi connectivity index (χ2v) is 8.42. The Kier molecular flexibility index (Phi) is 5.85. The lowest BCUT2D eigenvalue weighted by molar-refractivity contribution is 0.355. The molecule has 34 heavy (non-hydrogen) atoms. The first-order valence-corrected chi connectivity index (χ1v) is 11.1. The van der Waals surface area contributed by atoms with Crippen molar-refractivity contribution in [1.82, 2.24) is 9.97 Å². The largest absolute Gasteiger partial charge is 0.493 e. The average molecular weight is 480 g/mol. The van der Waals surface area contributed by atoms with E-state index in [1.165, 1.54) is 23.5 Å². The van der Waals surface area contributed by atoms with Gasteiger partial charge in [0.25, 0.3) is 0 Å². The fraction of sp³-hybridized carbons (Fsp3) is 0.120. The first kappa shape index (κ1) is 21.8. The molecule has 172 valence electrons. The molecule has 6 nitrogen and oxygen atoms in total. The molecule has 1 N–H and O–H groups in total. The number of fused-ring (bicyclic) bond motifs is 2. The van der Waals surface area contributed by atoms with Gasteiger partial charge in [0, 0.05) is 30.3 Å². The third kappa shape index (κ3) is 4.29. The second-order valence-electron chi connectivity index (χ2n) is 7.39. The fourth-order valence-electron chi connectivity index (χ4n) is 3.53. The van der Waals surface area contributed by atoms with Crippen LogP contribution in [0.15, 0.2) is 60.8 Å². The molecule has 0 amide bonds. The Bertz CT molecular complexity index is 1510. The summed E-state index contributed by atoms with van der Waals surface area (Å²) in [4.78, 5) is 8.95. The van der Waals surface area contributed by atoms with Crippen molar-refractivity contribution in [3.8, 4) is 23.0 Å². The second kappa shape index (κ2) is 9.11. The smallest absolute Gasteiger partial charge is 0.184 e. The minimum Gasteiger partial charge on any atom is -0.493 e. The molecule has 3 aromatic carbocycles. The van der Waals surface area contributed by atoms with Crippen molar-refractivity contribution in [3.05, 3.63) is 78.0 Å². The summed E-state index contributed by atoms with van der Waals surface area (Å²) in [5.41, 5.74) is 2.15. The van der Waals surface area contributed by atoms with Crippen LogP contribution in [0.2, 0.25) is 0 Å². The summed E-state index contributed by atoms with van der Waals surface area (Å²) < 4.78 is 44.4. The lowest BCUT2D eigenvalue weighted by Crippen LogP contribution is -1.99. The molecule has 0 radical (unpaired) electrons. The Hall–Kier alpha value is -3.98. The highest BCUT2D eigenvalue weighted by molar-refractivity contribution is 7.22. The van der Waals surface area contributed by atoms with Gasteiger partial charge in [-0.05, 0) is 42.0 Å². The van der Waals surface area contributed by atoms with E-state index in [1.807, 2.05) is 24.3 Å². The number of nitrogens with zero attached hydrogens (tertiary/aromatic N) is 2. The number of hydrogen-bond acceptors (Lipinski definition) is 7. The summed E-state index contributed by atoms with van der Waals surface area (Å²) in [5.74, 6) is 0.717. The maximum atomic E-state index is 13.4. The quantitative estimate of drug-likeness (QED) is 0.286. The first-order valence-electron chi connectivity index (χ1n) is 10.3. The van der Waals surface area contributed by atoms with Crippen LogP contribution in [0.5, 0.6) is 23.0 Å². The lowest BCUT2D eigenvalue weighted by atomic mass is 10.2. The van der Waals surface area contributed by atoms with Gasteiger partial charge >= 0.3 is 0 Å². The molecule has 0 fully saturated rings. The van der Waals surface area contributed by atoms with Gasteiger partial charge in [-0.25, -0.2) is 13.8 Å². The Morgan fingerprint density at radius 2 is 1.68 bits per heavy atom. The molecule has 0 unspecified atom stereocenters. The molecule has 2 heterocycles. The molecule has 0 aliphatic carbocycles. The zero-order chi connectivity index (χ0) is 23.7. The molecule has 0 aliphatic rings. The molecule has 9 heteroatoms. The molecule has 5 rings (SSSR count). The van der Waals surface area contributed by atoms with Crippen LogP contribution in [0.3, 0.4) is 0 Å². The zero-order valence-electron chi connectivity index (χ0n) is 18.3. The number of rotatable bonds is 7. The summed E-state index contributed by atoms with van der Waals surface area (Å²) in [5, 5.41) is 4.62. The Morgan fingerprint density at radius 1 is 0.853 bits per heavy atom. The predicted molar refractivity (Wildman–Crippen MR) is 128 cm³/mol. The Morgan fingerprint density at radius 3 is 2.47 bits per heavy atom. The lowest BCUT2D eigenvalue weighted by Gasteiger charge is -2.12. The third-order valence-electron chi connectivity index (χ3n) is 5.22. The number of benzene rings is 3. The molecule has 2 aromatic heterocycles. The molecule has 0 aliphatic heterocycles. The standard InChI is InChI=1S/C25H19F2N3O3S/c1-31-22-11-16-20(12-23(22)32-2)28-8-7-21(16)33-15-4-6-19-24(10-15)34-25(30-19)29-13-14-3-5-17(26)18(27)9-14/h3-12H,13H2,1-2H3,(H,29,30). The summed E-state index contributed by atoms with van der Waals surface area (Å²) in [6.45, 7) is 0.328. The van der Waals surface area contributed by atoms with Crippen molar-refractivity contribution < 1.29 is 23.0 Å². The van der Waals surface area contributed by atoms with Crippen molar-refractivity contribution in [2.75, 3.05) is 19.5 Å². The van der Waals surface area contributed by atoms with E-state index in [-0.39, 0.29) is 0 Å². The van der Waals surface area contributed by atoms with E-state index in [0.717, 1.165) is 27.2 Å². The van der Waals surface area contributed by atoms with Crippen LogP contribution in [-0.2, 0) is 6.54 Å². The Balaban J connectivity index is 1.38. The van der Waals surface area contributed by atoms with Gasteiger partial charge in [-0.2, -0.15) is 0 Å². The first-order chi connectivity index (χ1) is 16.5. The van der Waals surface area contributed by atoms with E-state index < -0.39 is 11.6 Å². The normalized spacial score (nSPS) is 11.1. The average Bonchev–Trinajstić information content (AvgIpc) is 3.26. The number of nitrogens with one attached hydrogen (secondary N) is 1. The minimum absolute atomic E-state index is 0.328. The van der Waals surface area contributed by atoms with Gasteiger partial charge in [-0.3, -0.25) is 4.98 Å². The van der Waals surface area contributed by atoms with Gasteiger partial charge in [0.1, 0.15) is 11.5 Å². The van der Waals surface area contributed by atoms with Gasteiger partial charge in [0.2, 0.25) is 0 Å². The number of halogens is 2. The summed E-state index contributed by atoms with van der Waals surface area (Å²) in [7, 11) is 3.16. The molecule has 0 bridgehead atoms. The van der Waals surface area contributed by atoms with Gasteiger partial charge in [0.05, 0.1) is 30.0 Å². The number of aromatic nitrogens is 2. The number of thiazole rings is 1. The van der Waals surface area contributed by atoms with E-state index >= 15 is 0 Å². The van der Waals surface area contributed by atoms with Crippen LogP contribution in [0, 0.1) is 11.6 Å². The monoisotopic (exact) mass is 479 g/mol. The fourth-order valence-corrected chi connectivity index (χ4v) is 4.42. The van der Waals surface area contributed by atoms with Crippen molar-refractivity contribution >= 4 is 37.6 Å². The summed E-state index contributed by atoms with van der Waals surface area (Å²) in [6, 6.07) is 14.9. The summed E-state index contributed by atoms with van der Waals surface area (Å²) >= 11 is 1.44. The Labute approximate surface area is 197 Å². The van der Waals surface area contributed by atoms with Crippen LogP contribution in [0.4, 0.5) is 13.9 Å². The SMILES string of the molecule is COc1cc2nccc(Oc3ccc4nc(NCc5ccc(F)c(F)c5)sc4c3)c2cc1OC. The van der Waals surface area contributed by atoms with Crippen LogP contribution >= 0.6 is 11.3 Å². The highest BCUT2D eigenvalue weighted by Crippen LogP contribution is 2.38. The number of hydrogen-bond donors (Lipinski definition) is 1. The van der Waals surface area contributed by atoms with E-state index in [2.05, 4.69) is 15.3 Å². The van der Waals surface area contributed by atoms with E-state index in [1.54, 1.807) is 32.5 Å². The van der Waals surface area contributed by atoms with Gasteiger partial charge < -0.3 is 19.5 Å². The van der Waals surface area contributed by atoms with Crippen molar-refractivity contribution in [1.29, 1.82) is 0 Å². The van der Waals surface area contributed by atoms with Crippen LogP contribution < -0.4 is 19.5 Å². The predicted octanol–water partition coefficient (Wildman–Crippen LogP) is 6.54. The van der Waals surface area contributed by atoms with Gasteiger partial charge in [-0.1, -0.05) is 17.4 Å². The van der Waals surface area contributed by atoms with Crippen LogP contribution in [-0.4, -0.2) is 24.2 Å². The van der Waals surface area contributed by atoms with E-state index in [9.17, 15) is 8.78 Å². The van der Waals surface area contributed by atoms with Crippen molar-refractivity contribution in [2.45, 2.75) is 6.54 Å².